The number of methoxy groups -OCH3 is 1. The summed E-state index contributed by atoms with van der Waals surface area (Å²) in [7, 11) is 1.29. The van der Waals surface area contributed by atoms with Crippen molar-refractivity contribution < 1.29 is 14.3 Å². The second kappa shape index (κ2) is 6.01. The van der Waals surface area contributed by atoms with Gasteiger partial charge in [0.2, 0.25) is 0 Å². The van der Waals surface area contributed by atoms with Gasteiger partial charge in [0.25, 0.3) is 5.91 Å². The Morgan fingerprint density at radius 1 is 1.30 bits per heavy atom. The van der Waals surface area contributed by atoms with E-state index in [1.165, 1.54) is 13.3 Å². The molecule has 0 bridgehead atoms. The van der Waals surface area contributed by atoms with Gasteiger partial charge in [0.05, 0.1) is 18.9 Å². The van der Waals surface area contributed by atoms with Gasteiger partial charge >= 0.3 is 5.97 Å². The highest BCUT2D eigenvalue weighted by atomic mass is 16.5. The number of aryl methyl sites for hydroxylation is 1. The largest absolute Gasteiger partial charge is 0.467 e. The molecule has 6 heteroatoms. The van der Waals surface area contributed by atoms with Crippen molar-refractivity contribution in [3.63, 3.8) is 0 Å². The van der Waals surface area contributed by atoms with Gasteiger partial charge in [0.1, 0.15) is 0 Å². The number of aromatic amines is 1. The highest BCUT2D eigenvalue weighted by molar-refractivity contribution is 5.97. The molecule has 2 aromatic rings. The predicted molar refractivity (Wildman–Crippen MR) is 72.0 cm³/mol. The molecule has 104 valence electrons. The first-order valence-corrected chi connectivity index (χ1v) is 6.07. The maximum absolute atomic E-state index is 12.2. The number of nitrogens with zero attached hydrogens (tertiary/aromatic N) is 1. The number of carbonyl (C=O) groups excluding carboxylic acids is 2. The van der Waals surface area contributed by atoms with Gasteiger partial charge in [-0.1, -0.05) is 30.3 Å². The Balaban J connectivity index is 2.23. The smallest absolute Gasteiger partial charge is 0.333 e. The molecule has 1 atom stereocenters. The third-order valence-corrected chi connectivity index (χ3v) is 2.92. The second-order valence-corrected chi connectivity index (χ2v) is 4.25. The van der Waals surface area contributed by atoms with Gasteiger partial charge in [0, 0.05) is 5.69 Å². The number of hydrogen-bond donors (Lipinski definition) is 2. The number of hydrogen-bond acceptors (Lipinski definition) is 4. The summed E-state index contributed by atoms with van der Waals surface area (Å²) in [5.41, 5.74) is 1.70. The first-order valence-electron chi connectivity index (χ1n) is 6.07. The molecule has 0 aliphatic heterocycles. The van der Waals surface area contributed by atoms with E-state index in [-0.39, 0.29) is 5.91 Å². The number of aromatic nitrogens is 2. The Bertz CT molecular complexity index is 607. The molecule has 1 unspecified atom stereocenters. The van der Waals surface area contributed by atoms with E-state index in [0.717, 1.165) is 0 Å². The van der Waals surface area contributed by atoms with E-state index in [1.54, 1.807) is 31.2 Å². The maximum Gasteiger partial charge on any atom is 0.333 e. The Morgan fingerprint density at radius 2 is 2.00 bits per heavy atom. The van der Waals surface area contributed by atoms with Gasteiger partial charge in [0.15, 0.2) is 6.04 Å². The summed E-state index contributed by atoms with van der Waals surface area (Å²) in [6.07, 6.45) is 1.42. The fourth-order valence-electron chi connectivity index (χ4n) is 1.83. The van der Waals surface area contributed by atoms with Crippen LogP contribution in [0.2, 0.25) is 0 Å². The minimum absolute atomic E-state index is 0.379. The fourth-order valence-corrected chi connectivity index (χ4v) is 1.83. The SMILES string of the molecule is COC(=O)C(NC(=O)c1cn[nH]c1C)c1ccccc1. The summed E-state index contributed by atoms with van der Waals surface area (Å²) < 4.78 is 4.74. The summed E-state index contributed by atoms with van der Waals surface area (Å²) in [5, 5.41) is 9.12. The van der Waals surface area contributed by atoms with Crippen molar-refractivity contribution in [2.24, 2.45) is 0 Å². The molecule has 0 fully saturated rings. The first-order chi connectivity index (χ1) is 9.63. The van der Waals surface area contributed by atoms with Crippen molar-refractivity contribution in [1.82, 2.24) is 15.5 Å². The molecule has 6 nitrogen and oxygen atoms in total. The standard InChI is InChI=1S/C14H15N3O3/c1-9-11(8-15-17-9)13(18)16-12(14(19)20-2)10-6-4-3-5-7-10/h3-8,12H,1-2H3,(H,15,17)(H,16,18). The lowest BCUT2D eigenvalue weighted by molar-refractivity contribution is -0.143. The summed E-state index contributed by atoms with van der Waals surface area (Å²) in [6, 6.07) is 8.08. The van der Waals surface area contributed by atoms with Crippen LogP contribution in [0.1, 0.15) is 27.7 Å². The lowest BCUT2D eigenvalue weighted by atomic mass is 10.1. The van der Waals surface area contributed by atoms with Gasteiger partial charge in [-0.2, -0.15) is 5.10 Å². The van der Waals surface area contributed by atoms with Crippen LogP contribution in [0.3, 0.4) is 0 Å². The molecular weight excluding hydrogens is 258 g/mol. The van der Waals surface area contributed by atoms with Crippen LogP contribution in [-0.4, -0.2) is 29.2 Å². The van der Waals surface area contributed by atoms with Crippen molar-refractivity contribution in [1.29, 1.82) is 0 Å². The van der Waals surface area contributed by atoms with Crippen LogP contribution in [0.25, 0.3) is 0 Å². The summed E-state index contributed by atoms with van der Waals surface area (Å²) >= 11 is 0. The molecule has 2 rings (SSSR count). The van der Waals surface area contributed by atoms with Crippen LogP contribution < -0.4 is 5.32 Å². The third-order valence-electron chi connectivity index (χ3n) is 2.92. The zero-order valence-corrected chi connectivity index (χ0v) is 11.2. The van der Waals surface area contributed by atoms with Gasteiger partial charge < -0.3 is 10.1 Å². The molecule has 1 aromatic heterocycles. The molecule has 2 N–H and O–H groups in total. The zero-order valence-electron chi connectivity index (χ0n) is 11.2. The van der Waals surface area contributed by atoms with Gasteiger partial charge in [-0.15, -0.1) is 0 Å². The summed E-state index contributed by atoms with van der Waals surface area (Å²) in [5.74, 6) is -0.902. The minimum Gasteiger partial charge on any atom is -0.467 e. The van der Waals surface area contributed by atoms with Crippen LogP contribution in [0.15, 0.2) is 36.5 Å². The molecule has 1 heterocycles. The Morgan fingerprint density at radius 3 is 2.55 bits per heavy atom. The van der Waals surface area contributed by atoms with Crippen molar-refractivity contribution in [2.45, 2.75) is 13.0 Å². The summed E-state index contributed by atoms with van der Waals surface area (Å²) in [6.45, 7) is 1.73. The van der Waals surface area contributed by atoms with Gasteiger partial charge in [-0.3, -0.25) is 9.89 Å². The Hall–Kier alpha value is -2.63. The lowest BCUT2D eigenvalue weighted by Gasteiger charge is -2.16. The number of ether oxygens (including phenoxy) is 1. The number of amides is 1. The highest BCUT2D eigenvalue weighted by Crippen LogP contribution is 2.15. The normalized spacial score (nSPS) is 11.7. The number of carbonyl (C=O) groups is 2. The molecule has 0 spiro atoms. The number of esters is 1. The average molecular weight is 273 g/mol. The third kappa shape index (κ3) is 2.85. The molecule has 0 aliphatic rings. The zero-order chi connectivity index (χ0) is 14.5. The number of benzene rings is 1. The van der Waals surface area contributed by atoms with Crippen LogP contribution in [-0.2, 0) is 9.53 Å². The van der Waals surface area contributed by atoms with E-state index in [0.29, 0.717) is 16.8 Å². The van der Waals surface area contributed by atoms with Crippen molar-refractivity contribution in [2.75, 3.05) is 7.11 Å². The molecule has 0 saturated carbocycles. The quantitative estimate of drug-likeness (QED) is 0.824. The Labute approximate surface area is 116 Å². The average Bonchev–Trinajstić information content (AvgIpc) is 2.91. The molecule has 0 radical (unpaired) electrons. The van der Waals surface area contributed by atoms with E-state index in [1.807, 2.05) is 6.07 Å². The summed E-state index contributed by atoms with van der Waals surface area (Å²) in [4.78, 5) is 24.0. The molecule has 20 heavy (non-hydrogen) atoms. The highest BCUT2D eigenvalue weighted by Gasteiger charge is 2.24. The minimum atomic E-state index is -0.844. The monoisotopic (exact) mass is 273 g/mol. The van der Waals surface area contributed by atoms with E-state index < -0.39 is 12.0 Å². The van der Waals surface area contributed by atoms with Crippen LogP contribution in [0, 0.1) is 6.92 Å². The van der Waals surface area contributed by atoms with Crippen molar-refractivity contribution in [3.8, 4) is 0 Å². The van der Waals surface area contributed by atoms with Gasteiger partial charge in [-0.25, -0.2) is 4.79 Å². The van der Waals surface area contributed by atoms with E-state index in [4.69, 9.17) is 4.74 Å². The molecule has 0 saturated heterocycles. The van der Waals surface area contributed by atoms with Crippen LogP contribution in [0.4, 0.5) is 0 Å². The van der Waals surface area contributed by atoms with Crippen molar-refractivity contribution >= 4 is 11.9 Å². The van der Waals surface area contributed by atoms with Crippen LogP contribution >= 0.6 is 0 Å². The number of H-pyrrole nitrogens is 1. The maximum atomic E-state index is 12.2. The Kier molecular flexibility index (Phi) is 4.14. The van der Waals surface area contributed by atoms with E-state index in [9.17, 15) is 9.59 Å². The molecular formula is C14H15N3O3. The lowest BCUT2D eigenvalue weighted by Crippen LogP contribution is -2.34. The topological polar surface area (TPSA) is 84.1 Å². The van der Waals surface area contributed by atoms with Gasteiger partial charge in [-0.05, 0) is 12.5 Å². The first kappa shape index (κ1) is 13.8. The fraction of sp³-hybridized carbons (Fsp3) is 0.214. The second-order valence-electron chi connectivity index (χ2n) is 4.25. The molecule has 1 aromatic carbocycles. The van der Waals surface area contributed by atoms with E-state index in [2.05, 4.69) is 15.5 Å². The molecule has 0 aliphatic carbocycles. The van der Waals surface area contributed by atoms with Crippen molar-refractivity contribution in [3.05, 3.63) is 53.3 Å². The number of nitrogens with one attached hydrogen (secondary N) is 2. The van der Waals surface area contributed by atoms with Crippen LogP contribution in [0.5, 0.6) is 0 Å². The van der Waals surface area contributed by atoms with E-state index >= 15 is 0 Å². The molecule has 1 amide bonds. The number of rotatable bonds is 4. The predicted octanol–water partition coefficient (Wildman–Crippen LogP) is 1.36.